The van der Waals surface area contributed by atoms with Crippen molar-refractivity contribution in [2.45, 2.75) is 52.6 Å². The summed E-state index contributed by atoms with van der Waals surface area (Å²) in [4.78, 5) is 2.36. The van der Waals surface area contributed by atoms with Crippen molar-refractivity contribution in [2.75, 3.05) is 7.05 Å². The third-order valence-corrected chi connectivity index (χ3v) is 3.59. The van der Waals surface area contributed by atoms with E-state index < -0.39 is 0 Å². The number of nitrogens with zero attached hydrogens (tertiary/aromatic N) is 1. The van der Waals surface area contributed by atoms with Crippen LogP contribution in [-0.2, 0) is 12.0 Å². The van der Waals surface area contributed by atoms with Gasteiger partial charge in [0.05, 0.1) is 0 Å². The first-order valence-corrected chi connectivity index (χ1v) is 6.99. The van der Waals surface area contributed by atoms with Crippen molar-refractivity contribution in [1.29, 1.82) is 0 Å². The quantitative estimate of drug-likeness (QED) is 0.789. The SMILES string of the molecule is CC(C)N(C)Cc1cc(Br)cc(C(C)(C)C)c1. The van der Waals surface area contributed by atoms with Gasteiger partial charge in [-0.15, -0.1) is 0 Å². The summed E-state index contributed by atoms with van der Waals surface area (Å²) in [5.74, 6) is 0. The molecule has 0 atom stereocenters. The van der Waals surface area contributed by atoms with Gasteiger partial charge in [0.2, 0.25) is 0 Å². The van der Waals surface area contributed by atoms with Crippen LogP contribution in [0, 0.1) is 0 Å². The van der Waals surface area contributed by atoms with E-state index in [2.05, 4.69) is 80.7 Å². The highest BCUT2D eigenvalue weighted by molar-refractivity contribution is 9.10. The van der Waals surface area contributed by atoms with E-state index in [-0.39, 0.29) is 5.41 Å². The van der Waals surface area contributed by atoms with E-state index in [9.17, 15) is 0 Å². The average Bonchev–Trinajstić information content (AvgIpc) is 2.15. The topological polar surface area (TPSA) is 3.24 Å². The molecule has 96 valence electrons. The normalized spacial score (nSPS) is 12.5. The van der Waals surface area contributed by atoms with Gasteiger partial charge in [-0.05, 0) is 49.6 Å². The van der Waals surface area contributed by atoms with Crippen LogP contribution < -0.4 is 0 Å². The zero-order valence-corrected chi connectivity index (χ0v) is 13.4. The molecule has 0 spiro atoms. The summed E-state index contributed by atoms with van der Waals surface area (Å²) in [5.41, 5.74) is 2.97. The third-order valence-electron chi connectivity index (χ3n) is 3.14. The number of benzene rings is 1. The van der Waals surface area contributed by atoms with Gasteiger partial charge in [0.25, 0.3) is 0 Å². The van der Waals surface area contributed by atoms with Crippen molar-refractivity contribution in [1.82, 2.24) is 4.90 Å². The molecule has 0 aliphatic heterocycles. The van der Waals surface area contributed by atoms with Crippen LogP contribution in [0.4, 0.5) is 0 Å². The number of hydrogen-bond donors (Lipinski definition) is 0. The van der Waals surface area contributed by atoms with Gasteiger partial charge >= 0.3 is 0 Å². The standard InChI is InChI=1S/C15H24BrN/c1-11(2)17(6)10-12-7-13(15(3,4)5)9-14(16)8-12/h7-9,11H,10H2,1-6H3. The van der Waals surface area contributed by atoms with Crippen LogP contribution in [0.25, 0.3) is 0 Å². The zero-order chi connectivity index (χ0) is 13.2. The van der Waals surface area contributed by atoms with Gasteiger partial charge in [-0.3, -0.25) is 4.90 Å². The van der Waals surface area contributed by atoms with Crippen molar-refractivity contribution in [2.24, 2.45) is 0 Å². The minimum absolute atomic E-state index is 0.203. The molecule has 0 N–H and O–H groups in total. The number of rotatable bonds is 3. The molecule has 0 heterocycles. The van der Waals surface area contributed by atoms with Crippen LogP contribution in [0.5, 0.6) is 0 Å². The van der Waals surface area contributed by atoms with Crippen LogP contribution >= 0.6 is 15.9 Å². The molecule has 0 radical (unpaired) electrons. The molecule has 0 saturated carbocycles. The second-order valence-corrected chi connectivity index (χ2v) is 7.02. The molecule has 0 amide bonds. The number of halogens is 1. The fourth-order valence-corrected chi connectivity index (χ4v) is 2.19. The molecule has 1 aromatic rings. The van der Waals surface area contributed by atoms with Gasteiger partial charge in [0.1, 0.15) is 0 Å². The Kier molecular flexibility index (Phi) is 4.79. The van der Waals surface area contributed by atoms with Crippen molar-refractivity contribution < 1.29 is 0 Å². The molecule has 0 saturated heterocycles. The average molecular weight is 298 g/mol. The molecule has 17 heavy (non-hydrogen) atoms. The Morgan fingerprint density at radius 2 is 1.76 bits per heavy atom. The summed E-state index contributed by atoms with van der Waals surface area (Å²) in [5, 5.41) is 0. The highest BCUT2D eigenvalue weighted by Crippen LogP contribution is 2.27. The van der Waals surface area contributed by atoms with Gasteiger partial charge in [0, 0.05) is 17.1 Å². The Bertz CT molecular complexity index is 377. The molecule has 0 aliphatic rings. The predicted octanol–water partition coefficient (Wildman–Crippen LogP) is 4.59. The van der Waals surface area contributed by atoms with Crippen molar-refractivity contribution in [3.63, 3.8) is 0 Å². The van der Waals surface area contributed by atoms with E-state index in [4.69, 9.17) is 0 Å². The fraction of sp³-hybridized carbons (Fsp3) is 0.600. The molecule has 0 fully saturated rings. The first-order valence-electron chi connectivity index (χ1n) is 6.20. The lowest BCUT2D eigenvalue weighted by atomic mass is 9.86. The molecule has 1 aromatic carbocycles. The first-order chi connectivity index (χ1) is 7.70. The van der Waals surface area contributed by atoms with Gasteiger partial charge < -0.3 is 0 Å². The van der Waals surface area contributed by atoms with Gasteiger partial charge in [-0.1, -0.05) is 42.8 Å². The second kappa shape index (κ2) is 5.53. The maximum atomic E-state index is 3.61. The van der Waals surface area contributed by atoms with Gasteiger partial charge in [-0.25, -0.2) is 0 Å². The minimum Gasteiger partial charge on any atom is -0.300 e. The highest BCUT2D eigenvalue weighted by atomic mass is 79.9. The predicted molar refractivity (Wildman–Crippen MR) is 79.4 cm³/mol. The molecule has 0 bridgehead atoms. The molecular weight excluding hydrogens is 274 g/mol. The van der Waals surface area contributed by atoms with Crippen LogP contribution in [0.3, 0.4) is 0 Å². The lowest BCUT2D eigenvalue weighted by Crippen LogP contribution is -2.25. The lowest BCUT2D eigenvalue weighted by Gasteiger charge is -2.24. The van der Waals surface area contributed by atoms with Crippen molar-refractivity contribution >= 4 is 15.9 Å². The first kappa shape index (κ1) is 14.7. The summed E-state index contributed by atoms with van der Waals surface area (Å²) in [6.07, 6.45) is 0. The Labute approximate surface area is 114 Å². The maximum Gasteiger partial charge on any atom is 0.0233 e. The van der Waals surface area contributed by atoms with Crippen LogP contribution in [-0.4, -0.2) is 18.0 Å². The van der Waals surface area contributed by atoms with Gasteiger partial charge in [-0.2, -0.15) is 0 Å². The maximum absolute atomic E-state index is 3.61. The van der Waals surface area contributed by atoms with E-state index in [0.29, 0.717) is 6.04 Å². The van der Waals surface area contributed by atoms with Crippen LogP contribution in [0.1, 0.15) is 45.7 Å². The Hall–Kier alpha value is -0.340. The summed E-state index contributed by atoms with van der Waals surface area (Å²) in [7, 11) is 2.17. The van der Waals surface area contributed by atoms with Crippen molar-refractivity contribution in [3.05, 3.63) is 33.8 Å². The summed E-state index contributed by atoms with van der Waals surface area (Å²) >= 11 is 3.61. The largest absolute Gasteiger partial charge is 0.300 e. The van der Waals surface area contributed by atoms with E-state index in [1.807, 2.05) is 0 Å². The Morgan fingerprint density at radius 1 is 1.18 bits per heavy atom. The molecule has 0 unspecified atom stereocenters. The van der Waals surface area contributed by atoms with Crippen molar-refractivity contribution in [3.8, 4) is 0 Å². The molecule has 0 aromatic heterocycles. The smallest absolute Gasteiger partial charge is 0.0233 e. The van der Waals surface area contributed by atoms with Crippen LogP contribution in [0.2, 0.25) is 0 Å². The zero-order valence-electron chi connectivity index (χ0n) is 11.8. The molecular formula is C15H24BrN. The fourth-order valence-electron chi connectivity index (χ4n) is 1.65. The highest BCUT2D eigenvalue weighted by Gasteiger charge is 2.15. The van der Waals surface area contributed by atoms with E-state index in [0.717, 1.165) is 6.54 Å². The molecule has 1 nitrogen and oxygen atoms in total. The number of hydrogen-bond acceptors (Lipinski definition) is 1. The minimum atomic E-state index is 0.203. The van der Waals surface area contributed by atoms with E-state index >= 15 is 0 Å². The third kappa shape index (κ3) is 4.44. The molecule has 1 rings (SSSR count). The molecule has 2 heteroatoms. The Balaban J connectivity index is 2.98. The Morgan fingerprint density at radius 3 is 2.24 bits per heavy atom. The second-order valence-electron chi connectivity index (χ2n) is 6.11. The van der Waals surface area contributed by atoms with E-state index in [1.54, 1.807) is 0 Å². The monoisotopic (exact) mass is 297 g/mol. The lowest BCUT2D eigenvalue weighted by molar-refractivity contribution is 0.265. The summed E-state index contributed by atoms with van der Waals surface area (Å²) < 4.78 is 1.18. The van der Waals surface area contributed by atoms with Crippen LogP contribution in [0.15, 0.2) is 22.7 Å². The van der Waals surface area contributed by atoms with E-state index in [1.165, 1.54) is 15.6 Å². The summed E-state index contributed by atoms with van der Waals surface area (Å²) in [6, 6.07) is 7.34. The van der Waals surface area contributed by atoms with Gasteiger partial charge in [0.15, 0.2) is 0 Å². The summed E-state index contributed by atoms with van der Waals surface area (Å²) in [6.45, 7) is 12.2. The molecule has 0 aliphatic carbocycles.